The zero-order valence-electron chi connectivity index (χ0n) is 7.22. The lowest BCUT2D eigenvalue weighted by atomic mass is 9.77. The van der Waals surface area contributed by atoms with E-state index in [2.05, 4.69) is 25.8 Å². The minimum absolute atomic E-state index is 0.609. The first-order valence-electron chi connectivity index (χ1n) is 4.33. The molecule has 0 saturated carbocycles. The van der Waals surface area contributed by atoms with Crippen molar-refractivity contribution in [3.05, 3.63) is 0 Å². The van der Waals surface area contributed by atoms with Gasteiger partial charge in [0.25, 0.3) is 0 Å². The molecule has 0 N–H and O–H groups in total. The number of hydrogen-bond acceptors (Lipinski definition) is 1. The van der Waals surface area contributed by atoms with Crippen LogP contribution in [0.15, 0.2) is 0 Å². The van der Waals surface area contributed by atoms with E-state index in [4.69, 9.17) is 0 Å². The van der Waals surface area contributed by atoms with Gasteiger partial charge >= 0.3 is 0 Å². The average Bonchev–Trinajstić information content (AvgIpc) is 2.21. The number of rotatable bonds is 0. The summed E-state index contributed by atoms with van der Waals surface area (Å²) in [4.78, 5) is 2.58. The van der Waals surface area contributed by atoms with E-state index in [0.29, 0.717) is 5.41 Å². The minimum atomic E-state index is 0.609. The van der Waals surface area contributed by atoms with Gasteiger partial charge in [-0.2, -0.15) is 0 Å². The Hall–Kier alpha value is -0.0400. The van der Waals surface area contributed by atoms with Gasteiger partial charge in [0.2, 0.25) is 0 Å². The molecule has 58 valence electrons. The van der Waals surface area contributed by atoms with E-state index in [1.54, 1.807) is 0 Å². The third kappa shape index (κ3) is 0.672. The lowest BCUT2D eigenvalue weighted by Gasteiger charge is -2.28. The van der Waals surface area contributed by atoms with Crippen LogP contribution in [-0.4, -0.2) is 24.0 Å². The molecule has 2 aliphatic heterocycles. The lowest BCUT2D eigenvalue weighted by molar-refractivity contribution is 0.227. The predicted octanol–water partition coefficient (Wildman–Crippen LogP) is 1.88. The van der Waals surface area contributed by atoms with Crippen LogP contribution in [0.1, 0.15) is 33.1 Å². The van der Waals surface area contributed by atoms with E-state index in [9.17, 15) is 0 Å². The summed E-state index contributed by atoms with van der Waals surface area (Å²) < 4.78 is 0. The molecule has 0 aromatic heterocycles. The Kier molecular flexibility index (Phi) is 1.17. The van der Waals surface area contributed by atoms with E-state index in [0.717, 1.165) is 12.1 Å². The van der Waals surface area contributed by atoms with E-state index in [1.807, 2.05) is 0 Å². The first-order valence-corrected chi connectivity index (χ1v) is 4.33. The SMILES string of the molecule is CN1[C@@H]2CC[C@H]1C(C)(C)C2. The molecule has 10 heavy (non-hydrogen) atoms. The molecule has 2 atom stereocenters. The maximum atomic E-state index is 2.58. The lowest BCUT2D eigenvalue weighted by Crippen LogP contribution is -2.30. The monoisotopic (exact) mass is 139 g/mol. The molecule has 2 fully saturated rings. The molecule has 0 aromatic rings. The van der Waals surface area contributed by atoms with Crippen molar-refractivity contribution in [1.82, 2.24) is 4.90 Å². The summed E-state index contributed by atoms with van der Waals surface area (Å²) in [7, 11) is 2.29. The second kappa shape index (κ2) is 1.76. The smallest absolute Gasteiger partial charge is 0.0147 e. The Bertz CT molecular complexity index is 151. The fourth-order valence-corrected chi connectivity index (χ4v) is 2.94. The van der Waals surface area contributed by atoms with E-state index in [-0.39, 0.29) is 0 Å². The topological polar surface area (TPSA) is 3.24 Å². The van der Waals surface area contributed by atoms with Gasteiger partial charge in [0.05, 0.1) is 0 Å². The summed E-state index contributed by atoms with van der Waals surface area (Å²) >= 11 is 0. The summed E-state index contributed by atoms with van der Waals surface area (Å²) in [5.74, 6) is 0. The van der Waals surface area contributed by atoms with Crippen LogP contribution in [0.2, 0.25) is 0 Å². The van der Waals surface area contributed by atoms with Crippen LogP contribution < -0.4 is 0 Å². The summed E-state index contributed by atoms with van der Waals surface area (Å²) in [6, 6.07) is 1.80. The molecule has 0 aromatic carbocycles. The number of hydrogen-bond donors (Lipinski definition) is 0. The van der Waals surface area contributed by atoms with Crippen molar-refractivity contribution in [2.45, 2.75) is 45.2 Å². The van der Waals surface area contributed by atoms with Crippen LogP contribution in [-0.2, 0) is 0 Å². The zero-order chi connectivity index (χ0) is 7.35. The zero-order valence-corrected chi connectivity index (χ0v) is 7.22. The van der Waals surface area contributed by atoms with Crippen LogP contribution in [0.3, 0.4) is 0 Å². The molecule has 1 nitrogen and oxygen atoms in total. The van der Waals surface area contributed by atoms with E-state index < -0.39 is 0 Å². The van der Waals surface area contributed by atoms with Gasteiger partial charge in [0.1, 0.15) is 0 Å². The van der Waals surface area contributed by atoms with Gasteiger partial charge < -0.3 is 0 Å². The normalized spacial score (nSPS) is 44.7. The standard InChI is InChI=1S/C9H17N/c1-9(2)6-7-4-5-8(9)10(7)3/h7-8H,4-6H2,1-3H3/t7-,8+/m1/s1. The molecule has 2 rings (SSSR count). The molecule has 0 unspecified atom stereocenters. The molecule has 1 heteroatoms. The summed E-state index contributed by atoms with van der Waals surface area (Å²) in [5.41, 5.74) is 0.609. The molecule has 2 heterocycles. The third-order valence-electron chi connectivity index (χ3n) is 3.50. The van der Waals surface area contributed by atoms with Crippen LogP contribution in [0.4, 0.5) is 0 Å². The fraction of sp³-hybridized carbons (Fsp3) is 1.00. The molecule has 2 aliphatic rings. The van der Waals surface area contributed by atoms with Gasteiger partial charge in [-0.05, 0) is 31.7 Å². The largest absolute Gasteiger partial charge is 0.300 e. The van der Waals surface area contributed by atoms with E-state index in [1.165, 1.54) is 19.3 Å². The van der Waals surface area contributed by atoms with Gasteiger partial charge in [0, 0.05) is 12.1 Å². The van der Waals surface area contributed by atoms with Crippen LogP contribution in [0, 0.1) is 5.41 Å². The molecule has 0 aliphatic carbocycles. The van der Waals surface area contributed by atoms with Gasteiger partial charge in [-0.15, -0.1) is 0 Å². The van der Waals surface area contributed by atoms with Crippen molar-refractivity contribution in [3.63, 3.8) is 0 Å². The summed E-state index contributed by atoms with van der Waals surface area (Å²) in [6.07, 6.45) is 4.31. The highest BCUT2D eigenvalue weighted by molar-refractivity contribution is 5.03. The Morgan fingerprint density at radius 1 is 1.30 bits per heavy atom. The van der Waals surface area contributed by atoms with Crippen molar-refractivity contribution in [2.24, 2.45) is 5.41 Å². The van der Waals surface area contributed by atoms with Gasteiger partial charge in [-0.25, -0.2) is 0 Å². The number of fused-ring (bicyclic) bond motifs is 2. The van der Waals surface area contributed by atoms with Crippen LogP contribution in [0.25, 0.3) is 0 Å². The maximum Gasteiger partial charge on any atom is 0.0147 e. The molecule has 2 saturated heterocycles. The molecule has 0 spiro atoms. The minimum Gasteiger partial charge on any atom is -0.300 e. The highest BCUT2D eigenvalue weighted by Crippen LogP contribution is 2.47. The maximum absolute atomic E-state index is 2.58. The van der Waals surface area contributed by atoms with Crippen molar-refractivity contribution in [2.75, 3.05) is 7.05 Å². The second-order valence-electron chi connectivity index (χ2n) is 4.61. The summed E-state index contributed by atoms with van der Waals surface area (Å²) in [5, 5.41) is 0. The molecular weight excluding hydrogens is 122 g/mol. The quantitative estimate of drug-likeness (QED) is 0.495. The predicted molar refractivity (Wildman–Crippen MR) is 43.0 cm³/mol. The highest BCUT2D eigenvalue weighted by Gasteiger charge is 2.48. The Morgan fingerprint density at radius 2 is 2.00 bits per heavy atom. The van der Waals surface area contributed by atoms with Crippen molar-refractivity contribution in [1.29, 1.82) is 0 Å². The highest BCUT2D eigenvalue weighted by atomic mass is 15.2. The molecular formula is C9H17N. The molecule has 0 amide bonds. The number of nitrogens with zero attached hydrogens (tertiary/aromatic N) is 1. The third-order valence-corrected chi connectivity index (χ3v) is 3.50. The van der Waals surface area contributed by atoms with Crippen molar-refractivity contribution in [3.8, 4) is 0 Å². The van der Waals surface area contributed by atoms with Gasteiger partial charge in [0.15, 0.2) is 0 Å². The van der Waals surface area contributed by atoms with Gasteiger partial charge in [-0.1, -0.05) is 13.8 Å². The molecule has 0 radical (unpaired) electrons. The summed E-state index contributed by atoms with van der Waals surface area (Å²) in [6.45, 7) is 4.82. The van der Waals surface area contributed by atoms with Crippen LogP contribution >= 0.6 is 0 Å². The van der Waals surface area contributed by atoms with Crippen molar-refractivity contribution < 1.29 is 0 Å². The molecule has 2 bridgehead atoms. The Labute approximate surface area is 63.4 Å². The second-order valence-corrected chi connectivity index (χ2v) is 4.61. The van der Waals surface area contributed by atoms with E-state index >= 15 is 0 Å². The first-order chi connectivity index (χ1) is 4.61. The first kappa shape index (κ1) is 6.66. The Morgan fingerprint density at radius 3 is 2.20 bits per heavy atom. The average molecular weight is 139 g/mol. The van der Waals surface area contributed by atoms with Crippen molar-refractivity contribution >= 4 is 0 Å². The van der Waals surface area contributed by atoms with Crippen LogP contribution in [0.5, 0.6) is 0 Å². The fourth-order valence-electron chi connectivity index (χ4n) is 2.94. The Balaban J connectivity index is 2.24. The van der Waals surface area contributed by atoms with Gasteiger partial charge in [-0.3, -0.25) is 4.90 Å².